The van der Waals surface area contributed by atoms with E-state index in [4.69, 9.17) is 11.3 Å². The number of nitrogens with one attached hydrogen (secondary N) is 1. The number of rotatable bonds is 10. The van der Waals surface area contributed by atoms with Crippen molar-refractivity contribution in [3.05, 3.63) is 82.5 Å². The molecule has 1 aromatic heterocycles. The molecule has 0 aliphatic heterocycles. The van der Waals surface area contributed by atoms with Crippen LogP contribution in [-0.2, 0) is 34.6 Å². The second-order valence-corrected chi connectivity index (χ2v) is 9.96. The van der Waals surface area contributed by atoms with E-state index in [0.29, 0.717) is 40.9 Å². The van der Waals surface area contributed by atoms with Crippen molar-refractivity contribution in [2.24, 2.45) is 7.05 Å². The maximum absolute atomic E-state index is 12.7. The van der Waals surface area contributed by atoms with Gasteiger partial charge in [-0.05, 0) is 49.9 Å². The van der Waals surface area contributed by atoms with Gasteiger partial charge in [0, 0.05) is 30.4 Å². The Kier molecular flexibility index (Phi) is 8.45. The molecule has 0 saturated carbocycles. The van der Waals surface area contributed by atoms with Crippen molar-refractivity contribution in [1.29, 1.82) is 0 Å². The number of esters is 1. The van der Waals surface area contributed by atoms with Crippen LogP contribution in [0, 0.1) is 6.57 Å². The number of aromatic nitrogens is 1. The number of hydrogen-bond donors (Lipinski definition) is 1. The van der Waals surface area contributed by atoms with Crippen LogP contribution < -0.4 is 4.72 Å². The Morgan fingerprint density at radius 1 is 1.06 bits per heavy atom. The van der Waals surface area contributed by atoms with E-state index < -0.39 is 16.0 Å². The molecule has 0 radical (unpaired) electrons. The SMILES string of the molecule is [C-]#[N+]c1c(-c2ccc(CCNS(=O)(=O)c3ccc(C(C)=O)cc3)cc2)c(C(=O)OCC)n(C)c1CC. The monoisotopic (exact) mass is 507 g/mol. The maximum atomic E-state index is 12.7. The summed E-state index contributed by atoms with van der Waals surface area (Å²) in [6.45, 7) is 13.2. The molecule has 0 saturated heterocycles. The summed E-state index contributed by atoms with van der Waals surface area (Å²) in [6, 6.07) is 13.2. The number of hydrogen-bond acceptors (Lipinski definition) is 5. The normalized spacial score (nSPS) is 11.2. The van der Waals surface area contributed by atoms with Gasteiger partial charge in [0.05, 0.1) is 18.1 Å². The molecule has 3 rings (SSSR count). The van der Waals surface area contributed by atoms with Gasteiger partial charge in [0.2, 0.25) is 15.7 Å². The number of benzene rings is 2. The summed E-state index contributed by atoms with van der Waals surface area (Å²) < 4.78 is 34.7. The van der Waals surface area contributed by atoms with Crippen LogP contribution in [0.3, 0.4) is 0 Å². The van der Waals surface area contributed by atoms with E-state index in [1.807, 2.05) is 31.2 Å². The molecular formula is C27H29N3O5S. The van der Waals surface area contributed by atoms with Gasteiger partial charge in [-0.1, -0.05) is 43.3 Å². The molecule has 0 amide bonds. The Bertz CT molecular complexity index is 1410. The lowest BCUT2D eigenvalue weighted by atomic mass is 10.0. The molecule has 8 nitrogen and oxygen atoms in total. The molecule has 0 atom stereocenters. The number of ketones is 1. The Balaban J connectivity index is 1.78. The molecular weight excluding hydrogens is 478 g/mol. The van der Waals surface area contributed by atoms with Crippen molar-refractivity contribution in [2.75, 3.05) is 13.2 Å². The number of sulfonamides is 1. The lowest BCUT2D eigenvalue weighted by Crippen LogP contribution is -2.26. The molecule has 2 aromatic carbocycles. The fourth-order valence-corrected chi connectivity index (χ4v) is 5.11. The molecule has 0 aliphatic carbocycles. The van der Waals surface area contributed by atoms with Crippen LogP contribution in [0.2, 0.25) is 0 Å². The molecule has 0 bridgehead atoms. The first-order valence-corrected chi connectivity index (χ1v) is 13.1. The van der Waals surface area contributed by atoms with E-state index in [2.05, 4.69) is 9.57 Å². The number of nitrogens with zero attached hydrogens (tertiary/aromatic N) is 2. The standard InChI is InChI=1S/C27H29N3O5S/c1-6-23-25(28-4)24(26(30(23)5)27(32)35-7-2)21-10-8-19(9-11-21)16-17-29-36(33,34)22-14-12-20(13-15-22)18(3)31/h8-15,29H,6-7,16-17H2,1-3,5H3. The van der Waals surface area contributed by atoms with Gasteiger partial charge in [-0.15, -0.1) is 0 Å². The predicted octanol–water partition coefficient (Wildman–Crippen LogP) is 4.71. The highest BCUT2D eigenvalue weighted by Crippen LogP contribution is 2.39. The van der Waals surface area contributed by atoms with Crippen molar-refractivity contribution in [3.63, 3.8) is 0 Å². The molecule has 0 fully saturated rings. The van der Waals surface area contributed by atoms with Gasteiger partial charge in [0.1, 0.15) is 5.69 Å². The third-order valence-electron chi connectivity index (χ3n) is 5.92. The molecule has 1 N–H and O–H groups in total. The largest absolute Gasteiger partial charge is 0.461 e. The zero-order valence-corrected chi connectivity index (χ0v) is 21.6. The molecule has 188 valence electrons. The van der Waals surface area contributed by atoms with E-state index in [9.17, 15) is 18.0 Å². The zero-order valence-electron chi connectivity index (χ0n) is 20.8. The second-order valence-electron chi connectivity index (χ2n) is 8.19. The third-order valence-corrected chi connectivity index (χ3v) is 7.40. The van der Waals surface area contributed by atoms with Gasteiger partial charge in [0.25, 0.3) is 0 Å². The summed E-state index contributed by atoms with van der Waals surface area (Å²) in [6.07, 6.45) is 1.04. The summed E-state index contributed by atoms with van der Waals surface area (Å²) >= 11 is 0. The molecule has 3 aromatic rings. The molecule has 1 heterocycles. The Morgan fingerprint density at radius 3 is 2.22 bits per heavy atom. The van der Waals surface area contributed by atoms with Crippen molar-refractivity contribution in [1.82, 2.24) is 9.29 Å². The fraction of sp³-hybridized carbons (Fsp3) is 0.296. The Morgan fingerprint density at radius 2 is 1.69 bits per heavy atom. The van der Waals surface area contributed by atoms with Crippen LogP contribution in [0.5, 0.6) is 0 Å². The summed E-state index contributed by atoms with van der Waals surface area (Å²) in [7, 11) is -1.95. The van der Waals surface area contributed by atoms with E-state index in [1.54, 1.807) is 18.5 Å². The highest BCUT2D eigenvalue weighted by Gasteiger charge is 2.26. The van der Waals surface area contributed by atoms with Crippen LogP contribution in [0.4, 0.5) is 5.69 Å². The van der Waals surface area contributed by atoms with Gasteiger partial charge in [-0.3, -0.25) is 4.79 Å². The summed E-state index contributed by atoms with van der Waals surface area (Å²) in [4.78, 5) is 27.9. The zero-order chi connectivity index (χ0) is 26.5. The van der Waals surface area contributed by atoms with Gasteiger partial charge in [-0.25, -0.2) is 22.8 Å². The molecule has 9 heteroatoms. The van der Waals surface area contributed by atoms with Crippen LogP contribution in [0.1, 0.15) is 52.9 Å². The number of ether oxygens (including phenoxy) is 1. The topological polar surface area (TPSA) is 98.8 Å². The van der Waals surface area contributed by atoms with E-state index in [1.165, 1.54) is 31.2 Å². The van der Waals surface area contributed by atoms with Crippen LogP contribution in [-0.4, -0.2) is 37.9 Å². The van der Waals surface area contributed by atoms with Crippen LogP contribution in [0.25, 0.3) is 16.0 Å². The summed E-state index contributed by atoms with van der Waals surface area (Å²) in [5.74, 6) is -0.607. The van der Waals surface area contributed by atoms with Crippen LogP contribution in [0.15, 0.2) is 53.4 Å². The van der Waals surface area contributed by atoms with Gasteiger partial charge < -0.3 is 9.30 Å². The minimum absolute atomic E-state index is 0.0943. The average Bonchev–Trinajstić information content (AvgIpc) is 3.15. The smallest absolute Gasteiger partial charge is 0.354 e. The highest BCUT2D eigenvalue weighted by atomic mass is 32.2. The number of carbonyl (C=O) groups is 2. The van der Waals surface area contributed by atoms with Gasteiger partial charge >= 0.3 is 5.97 Å². The second kappa shape index (κ2) is 11.3. The van der Waals surface area contributed by atoms with E-state index in [0.717, 1.165) is 11.3 Å². The lowest BCUT2D eigenvalue weighted by Gasteiger charge is -2.10. The summed E-state index contributed by atoms with van der Waals surface area (Å²) in [5, 5.41) is 0. The van der Waals surface area contributed by atoms with Gasteiger partial charge in [0.15, 0.2) is 5.78 Å². The fourth-order valence-electron chi connectivity index (χ4n) is 4.07. The first kappa shape index (κ1) is 26.9. The minimum Gasteiger partial charge on any atom is -0.461 e. The van der Waals surface area contributed by atoms with Crippen LogP contribution >= 0.6 is 0 Å². The van der Waals surface area contributed by atoms with Gasteiger partial charge in [-0.2, -0.15) is 0 Å². The first-order chi connectivity index (χ1) is 17.1. The minimum atomic E-state index is -3.71. The Hall–Kier alpha value is -3.74. The average molecular weight is 508 g/mol. The molecule has 36 heavy (non-hydrogen) atoms. The quantitative estimate of drug-likeness (QED) is 0.244. The van der Waals surface area contributed by atoms with Crippen molar-refractivity contribution >= 4 is 27.5 Å². The number of Topliss-reactive ketones (excluding diaryl/α,β-unsaturated/α-hetero) is 1. The predicted molar refractivity (Wildman–Crippen MR) is 138 cm³/mol. The molecule has 0 spiro atoms. The highest BCUT2D eigenvalue weighted by molar-refractivity contribution is 7.89. The molecule has 0 unspecified atom stereocenters. The van der Waals surface area contributed by atoms with E-state index >= 15 is 0 Å². The van der Waals surface area contributed by atoms with Crippen molar-refractivity contribution in [3.8, 4) is 11.1 Å². The molecule has 0 aliphatic rings. The summed E-state index contributed by atoms with van der Waals surface area (Å²) in [5.41, 5.74) is 4.14. The van der Waals surface area contributed by atoms with Crippen molar-refractivity contribution in [2.45, 2.75) is 38.5 Å². The lowest BCUT2D eigenvalue weighted by molar-refractivity contribution is 0.0515. The maximum Gasteiger partial charge on any atom is 0.354 e. The van der Waals surface area contributed by atoms with E-state index in [-0.39, 0.29) is 23.8 Å². The van der Waals surface area contributed by atoms with Crippen molar-refractivity contribution < 1.29 is 22.7 Å². The first-order valence-electron chi connectivity index (χ1n) is 11.6. The third kappa shape index (κ3) is 5.56. The number of carbonyl (C=O) groups excluding carboxylic acids is 2. The Labute approximate surface area is 211 Å².